The highest BCUT2D eigenvalue weighted by Crippen LogP contribution is 2.15. The minimum Gasteiger partial charge on any atom is -0.399 e. The van der Waals surface area contributed by atoms with Crippen LogP contribution in [-0.4, -0.2) is 9.97 Å². The first-order valence-electron chi connectivity index (χ1n) is 4.65. The van der Waals surface area contributed by atoms with Crippen LogP contribution in [0.25, 0.3) is 0 Å². The minimum absolute atomic E-state index is 0.688. The summed E-state index contributed by atoms with van der Waals surface area (Å²) in [5.74, 6) is 0.723. The lowest BCUT2D eigenvalue weighted by Crippen LogP contribution is -1.95. The molecular formula is C11H12N4. The van der Waals surface area contributed by atoms with Gasteiger partial charge in [0.15, 0.2) is 0 Å². The largest absolute Gasteiger partial charge is 0.399 e. The molecule has 2 heterocycles. The van der Waals surface area contributed by atoms with E-state index in [4.69, 9.17) is 5.73 Å². The summed E-state index contributed by atoms with van der Waals surface area (Å²) in [4.78, 5) is 8.31. The average molecular weight is 200 g/mol. The van der Waals surface area contributed by atoms with Crippen LogP contribution in [0, 0.1) is 6.92 Å². The number of anilines is 3. The highest BCUT2D eigenvalue weighted by atomic mass is 15.0. The lowest BCUT2D eigenvalue weighted by Gasteiger charge is -2.05. The Morgan fingerprint density at radius 3 is 2.73 bits per heavy atom. The van der Waals surface area contributed by atoms with Gasteiger partial charge >= 0.3 is 0 Å². The number of aryl methyl sites for hydroxylation is 1. The van der Waals surface area contributed by atoms with Gasteiger partial charge in [-0.05, 0) is 25.1 Å². The van der Waals surface area contributed by atoms with E-state index < -0.39 is 0 Å². The van der Waals surface area contributed by atoms with Gasteiger partial charge in [-0.15, -0.1) is 0 Å². The van der Waals surface area contributed by atoms with Gasteiger partial charge in [-0.25, -0.2) is 4.98 Å². The average Bonchev–Trinajstić information content (AvgIpc) is 2.22. The van der Waals surface area contributed by atoms with E-state index in [2.05, 4.69) is 15.3 Å². The molecule has 2 rings (SSSR count). The molecule has 2 aromatic heterocycles. The standard InChI is InChI=1S/C11H12N4/c1-8-2-3-10(7-14-8)15-11-6-9(12)4-5-13-11/h2-7H,1H3,(H3,12,13,15). The normalized spacial score (nSPS) is 9.93. The molecule has 0 aliphatic heterocycles. The first-order chi connectivity index (χ1) is 7.24. The highest BCUT2D eigenvalue weighted by molar-refractivity contribution is 5.58. The zero-order valence-corrected chi connectivity index (χ0v) is 8.44. The summed E-state index contributed by atoms with van der Waals surface area (Å²) in [7, 11) is 0. The number of nitrogens with zero attached hydrogens (tertiary/aromatic N) is 2. The predicted octanol–water partition coefficient (Wildman–Crippen LogP) is 2.11. The molecule has 0 aliphatic rings. The Morgan fingerprint density at radius 1 is 1.20 bits per heavy atom. The summed E-state index contributed by atoms with van der Waals surface area (Å²) in [6.45, 7) is 1.95. The second-order valence-electron chi connectivity index (χ2n) is 3.29. The van der Waals surface area contributed by atoms with Gasteiger partial charge in [0.25, 0.3) is 0 Å². The van der Waals surface area contributed by atoms with E-state index in [0.29, 0.717) is 5.69 Å². The van der Waals surface area contributed by atoms with Crippen LogP contribution < -0.4 is 11.1 Å². The molecule has 15 heavy (non-hydrogen) atoms. The van der Waals surface area contributed by atoms with Crippen LogP contribution in [0.3, 0.4) is 0 Å². The third-order valence-electron chi connectivity index (χ3n) is 1.97. The first-order valence-corrected chi connectivity index (χ1v) is 4.65. The van der Waals surface area contributed by atoms with Crippen molar-refractivity contribution in [2.75, 3.05) is 11.1 Å². The molecule has 0 saturated heterocycles. The molecule has 0 spiro atoms. The Kier molecular flexibility index (Phi) is 2.49. The zero-order chi connectivity index (χ0) is 10.7. The molecule has 4 nitrogen and oxygen atoms in total. The monoisotopic (exact) mass is 200 g/mol. The summed E-state index contributed by atoms with van der Waals surface area (Å²) in [5, 5.41) is 3.12. The maximum atomic E-state index is 5.64. The summed E-state index contributed by atoms with van der Waals surface area (Å²) >= 11 is 0. The van der Waals surface area contributed by atoms with Gasteiger partial charge in [-0.3, -0.25) is 4.98 Å². The quantitative estimate of drug-likeness (QED) is 0.779. The predicted molar refractivity (Wildman–Crippen MR) is 60.9 cm³/mol. The van der Waals surface area contributed by atoms with E-state index in [1.54, 1.807) is 24.5 Å². The van der Waals surface area contributed by atoms with Crippen molar-refractivity contribution >= 4 is 17.2 Å². The van der Waals surface area contributed by atoms with Crippen molar-refractivity contribution in [2.24, 2.45) is 0 Å². The SMILES string of the molecule is Cc1ccc(Nc2cc(N)ccn2)cn1. The Hall–Kier alpha value is -2.10. The molecule has 0 aromatic carbocycles. The van der Waals surface area contributed by atoms with Crippen LogP contribution in [0.15, 0.2) is 36.7 Å². The van der Waals surface area contributed by atoms with Crippen LogP contribution in [0.1, 0.15) is 5.69 Å². The summed E-state index contributed by atoms with van der Waals surface area (Å²) in [5.41, 5.74) is 8.22. The fourth-order valence-electron chi connectivity index (χ4n) is 1.20. The van der Waals surface area contributed by atoms with E-state index in [-0.39, 0.29) is 0 Å². The number of hydrogen-bond acceptors (Lipinski definition) is 4. The zero-order valence-electron chi connectivity index (χ0n) is 8.44. The molecular weight excluding hydrogens is 188 g/mol. The van der Waals surface area contributed by atoms with Crippen molar-refractivity contribution in [2.45, 2.75) is 6.92 Å². The van der Waals surface area contributed by atoms with E-state index in [9.17, 15) is 0 Å². The number of nitrogen functional groups attached to an aromatic ring is 1. The van der Waals surface area contributed by atoms with Crippen LogP contribution in [0.4, 0.5) is 17.2 Å². The van der Waals surface area contributed by atoms with Crippen molar-refractivity contribution in [3.63, 3.8) is 0 Å². The van der Waals surface area contributed by atoms with Crippen molar-refractivity contribution in [3.05, 3.63) is 42.4 Å². The topological polar surface area (TPSA) is 63.8 Å². The lowest BCUT2D eigenvalue weighted by atomic mass is 10.3. The molecule has 2 aromatic rings. The van der Waals surface area contributed by atoms with Crippen LogP contribution in [0.2, 0.25) is 0 Å². The van der Waals surface area contributed by atoms with Crippen LogP contribution in [-0.2, 0) is 0 Å². The lowest BCUT2D eigenvalue weighted by molar-refractivity contribution is 1.19. The molecule has 0 aliphatic carbocycles. The number of nitrogens with two attached hydrogens (primary N) is 1. The molecule has 0 radical (unpaired) electrons. The van der Waals surface area contributed by atoms with Crippen LogP contribution >= 0.6 is 0 Å². The maximum Gasteiger partial charge on any atom is 0.132 e. The molecule has 0 unspecified atom stereocenters. The van der Waals surface area contributed by atoms with Crippen molar-refractivity contribution in [3.8, 4) is 0 Å². The molecule has 0 saturated carbocycles. The van der Waals surface area contributed by atoms with E-state index >= 15 is 0 Å². The third kappa shape index (κ3) is 2.43. The minimum atomic E-state index is 0.688. The fourth-order valence-corrected chi connectivity index (χ4v) is 1.20. The highest BCUT2D eigenvalue weighted by Gasteiger charge is 1.96. The fraction of sp³-hybridized carbons (Fsp3) is 0.0909. The molecule has 76 valence electrons. The Balaban J connectivity index is 2.18. The maximum absolute atomic E-state index is 5.64. The van der Waals surface area contributed by atoms with E-state index in [1.807, 2.05) is 19.1 Å². The van der Waals surface area contributed by atoms with Crippen molar-refractivity contribution < 1.29 is 0 Å². The number of hydrogen-bond donors (Lipinski definition) is 2. The number of nitrogens with one attached hydrogen (secondary N) is 1. The van der Waals surface area contributed by atoms with Gasteiger partial charge in [-0.1, -0.05) is 0 Å². The van der Waals surface area contributed by atoms with Gasteiger partial charge in [-0.2, -0.15) is 0 Å². The summed E-state index contributed by atoms with van der Waals surface area (Å²) < 4.78 is 0. The number of pyridine rings is 2. The van der Waals surface area contributed by atoms with Gasteiger partial charge < -0.3 is 11.1 Å². The van der Waals surface area contributed by atoms with Crippen molar-refractivity contribution in [1.29, 1.82) is 0 Å². The second kappa shape index (κ2) is 3.96. The van der Waals surface area contributed by atoms with Gasteiger partial charge in [0.1, 0.15) is 5.82 Å². The molecule has 4 heteroatoms. The number of rotatable bonds is 2. The molecule has 0 atom stereocenters. The Bertz CT molecular complexity index is 450. The molecule has 0 bridgehead atoms. The van der Waals surface area contributed by atoms with E-state index in [1.165, 1.54) is 0 Å². The Labute approximate surface area is 88.2 Å². The summed E-state index contributed by atoms with van der Waals surface area (Å²) in [6.07, 6.45) is 3.43. The van der Waals surface area contributed by atoms with Gasteiger partial charge in [0.05, 0.1) is 11.9 Å². The molecule has 0 amide bonds. The van der Waals surface area contributed by atoms with Gasteiger partial charge in [0, 0.05) is 23.6 Å². The second-order valence-corrected chi connectivity index (χ2v) is 3.29. The molecule has 0 fully saturated rings. The number of aromatic nitrogens is 2. The molecule has 3 N–H and O–H groups in total. The third-order valence-corrected chi connectivity index (χ3v) is 1.97. The van der Waals surface area contributed by atoms with E-state index in [0.717, 1.165) is 17.2 Å². The van der Waals surface area contributed by atoms with Crippen LogP contribution in [0.5, 0.6) is 0 Å². The van der Waals surface area contributed by atoms with Crippen molar-refractivity contribution in [1.82, 2.24) is 9.97 Å². The first kappa shape index (κ1) is 9.45. The van der Waals surface area contributed by atoms with Gasteiger partial charge in [0.2, 0.25) is 0 Å². The Morgan fingerprint density at radius 2 is 2.07 bits per heavy atom. The smallest absolute Gasteiger partial charge is 0.132 e. The summed E-state index contributed by atoms with van der Waals surface area (Å²) in [6, 6.07) is 7.42.